The third-order valence-corrected chi connectivity index (χ3v) is 4.56. The number of nitrogens with zero attached hydrogens (tertiary/aromatic N) is 2. The lowest BCUT2D eigenvalue weighted by Gasteiger charge is -2.20. The Hall–Kier alpha value is -3.02. The zero-order valence-electron chi connectivity index (χ0n) is 14.9. The summed E-state index contributed by atoms with van der Waals surface area (Å²) in [6.07, 6.45) is 5.55. The zero-order valence-corrected chi connectivity index (χ0v) is 14.9. The maximum atomic E-state index is 12.2. The number of hydrogen-bond donors (Lipinski definition) is 1. The van der Waals surface area contributed by atoms with Crippen LogP contribution >= 0.6 is 0 Å². The van der Waals surface area contributed by atoms with Crippen LogP contribution < -0.4 is 14.8 Å². The van der Waals surface area contributed by atoms with E-state index in [1.165, 1.54) is 0 Å². The molecular formula is C20H21N3O3. The number of benzene rings is 1. The number of pyridine rings is 1. The lowest BCUT2D eigenvalue weighted by molar-refractivity contribution is 0.0942. The zero-order chi connectivity index (χ0) is 18.1. The smallest absolute Gasteiger partial charge is 0.255 e. The molecule has 6 heteroatoms. The van der Waals surface area contributed by atoms with Crippen LogP contribution in [0, 0.1) is 0 Å². The van der Waals surface area contributed by atoms with Crippen LogP contribution in [0.25, 0.3) is 16.9 Å². The van der Waals surface area contributed by atoms with Crippen LogP contribution in [-0.4, -0.2) is 35.6 Å². The number of aromatic nitrogens is 2. The first-order valence-corrected chi connectivity index (χ1v) is 8.80. The number of hydrogen-bond acceptors (Lipinski definition) is 4. The number of nitrogens with one attached hydrogen (secondary N) is 1. The number of carbonyl (C=O) groups excluding carboxylic acids is 1. The molecule has 4 rings (SSSR count). The fourth-order valence-corrected chi connectivity index (χ4v) is 3.32. The second kappa shape index (κ2) is 6.71. The van der Waals surface area contributed by atoms with E-state index in [1.54, 1.807) is 7.11 Å². The van der Waals surface area contributed by atoms with Crippen LogP contribution in [0.1, 0.15) is 29.3 Å². The summed E-state index contributed by atoms with van der Waals surface area (Å²) >= 11 is 0. The van der Waals surface area contributed by atoms with E-state index < -0.39 is 0 Å². The van der Waals surface area contributed by atoms with Crippen molar-refractivity contribution < 1.29 is 14.3 Å². The van der Waals surface area contributed by atoms with E-state index in [0.29, 0.717) is 24.5 Å². The van der Waals surface area contributed by atoms with Crippen molar-refractivity contribution in [2.45, 2.75) is 19.8 Å². The number of methoxy groups -OCH3 is 1. The van der Waals surface area contributed by atoms with Gasteiger partial charge in [-0.25, -0.2) is 4.98 Å². The first kappa shape index (κ1) is 16.4. The molecule has 6 nitrogen and oxygen atoms in total. The first-order chi connectivity index (χ1) is 12.7. The number of ether oxygens (including phenoxy) is 2. The van der Waals surface area contributed by atoms with Crippen LogP contribution in [-0.2, 0) is 6.42 Å². The highest BCUT2D eigenvalue weighted by atomic mass is 16.5. The molecule has 26 heavy (non-hydrogen) atoms. The van der Waals surface area contributed by atoms with Crippen molar-refractivity contribution in [1.82, 2.24) is 14.7 Å². The number of amides is 1. The Bertz CT molecular complexity index is 961. The molecule has 0 saturated carbocycles. The number of imidazole rings is 1. The summed E-state index contributed by atoms with van der Waals surface area (Å²) in [4.78, 5) is 16.7. The molecule has 1 aliphatic rings. The predicted molar refractivity (Wildman–Crippen MR) is 99.0 cm³/mol. The molecule has 2 aromatic heterocycles. The fraction of sp³-hybridized carbons (Fsp3) is 0.300. The van der Waals surface area contributed by atoms with Gasteiger partial charge in [0.2, 0.25) is 0 Å². The average Bonchev–Trinajstić information content (AvgIpc) is 3.09. The summed E-state index contributed by atoms with van der Waals surface area (Å²) in [5.74, 6) is 1.33. The van der Waals surface area contributed by atoms with Gasteiger partial charge < -0.3 is 14.8 Å². The second-order valence-electron chi connectivity index (χ2n) is 6.30. The number of fused-ring (bicyclic) bond motifs is 2. The highest BCUT2D eigenvalue weighted by molar-refractivity contribution is 6.00. The van der Waals surface area contributed by atoms with Gasteiger partial charge >= 0.3 is 0 Å². The first-order valence-electron chi connectivity index (χ1n) is 8.80. The van der Waals surface area contributed by atoms with E-state index in [1.807, 2.05) is 35.0 Å². The molecule has 1 N–H and O–H groups in total. The summed E-state index contributed by atoms with van der Waals surface area (Å²) in [5, 5.41) is 2.87. The Labute approximate surface area is 151 Å². The van der Waals surface area contributed by atoms with Gasteiger partial charge in [0.1, 0.15) is 17.1 Å². The molecule has 3 heterocycles. The SMILES string of the molecule is CCCOc1ccn2c(-c3cc4c(c(OC)c3)C(=O)NCC4)cnc2c1. The Balaban J connectivity index is 1.79. The van der Waals surface area contributed by atoms with Crippen molar-refractivity contribution in [3.63, 3.8) is 0 Å². The summed E-state index contributed by atoms with van der Waals surface area (Å²) in [7, 11) is 1.59. The van der Waals surface area contributed by atoms with E-state index in [9.17, 15) is 4.79 Å². The molecule has 134 valence electrons. The minimum atomic E-state index is -0.0782. The number of rotatable bonds is 5. The molecular weight excluding hydrogens is 330 g/mol. The van der Waals surface area contributed by atoms with Gasteiger partial charge in [-0.1, -0.05) is 6.92 Å². The molecule has 1 amide bonds. The Morgan fingerprint density at radius 3 is 3.00 bits per heavy atom. The molecule has 0 spiro atoms. The van der Waals surface area contributed by atoms with Gasteiger partial charge in [0.05, 0.1) is 31.2 Å². The van der Waals surface area contributed by atoms with Gasteiger partial charge in [0.25, 0.3) is 5.91 Å². The van der Waals surface area contributed by atoms with Crippen molar-refractivity contribution >= 4 is 11.6 Å². The standard InChI is InChI=1S/C20H21N3O3/c1-3-8-26-15-5-7-23-16(12-22-18(23)11-15)14-9-13-4-6-21-20(24)19(13)17(10-14)25-2/h5,7,9-12H,3-4,6,8H2,1-2H3,(H,21,24). The van der Waals surface area contributed by atoms with Gasteiger partial charge in [-0.15, -0.1) is 0 Å². The Kier molecular flexibility index (Phi) is 4.24. The van der Waals surface area contributed by atoms with Crippen LogP contribution in [0.15, 0.2) is 36.7 Å². The lowest BCUT2D eigenvalue weighted by Crippen LogP contribution is -2.32. The van der Waals surface area contributed by atoms with Crippen LogP contribution in [0.4, 0.5) is 0 Å². The third kappa shape index (κ3) is 2.77. The largest absolute Gasteiger partial charge is 0.496 e. The molecule has 0 fully saturated rings. The highest BCUT2D eigenvalue weighted by Crippen LogP contribution is 2.33. The Morgan fingerprint density at radius 1 is 1.31 bits per heavy atom. The van der Waals surface area contributed by atoms with Gasteiger partial charge in [-0.3, -0.25) is 9.20 Å². The molecule has 1 aliphatic heterocycles. The predicted octanol–water partition coefficient (Wildman–Crippen LogP) is 3.08. The molecule has 1 aromatic carbocycles. The van der Waals surface area contributed by atoms with E-state index >= 15 is 0 Å². The summed E-state index contributed by atoms with van der Waals surface area (Å²) < 4.78 is 13.2. The topological polar surface area (TPSA) is 64.9 Å². The number of carbonyl (C=O) groups is 1. The van der Waals surface area contributed by atoms with E-state index in [2.05, 4.69) is 23.3 Å². The fourth-order valence-electron chi connectivity index (χ4n) is 3.32. The van der Waals surface area contributed by atoms with Gasteiger partial charge in [0, 0.05) is 24.4 Å². The van der Waals surface area contributed by atoms with E-state index in [4.69, 9.17) is 9.47 Å². The highest BCUT2D eigenvalue weighted by Gasteiger charge is 2.23. The lowest BCUT2D eigenvalue weighted by atomic mass is 9.95. The summed E-state index contributed by atoms with van der Waals surface area (Å²) in [6.45, 7) is 3.41. The van der Waals surface area contributed by atoms with Crippen molar-refractivity contribution in [2.24, 2.45) is 0 Å². The van der Waals surface area contributed by atoms with Gasteiger partial charge in [-0.05, 0) is 36.6 Å². The van der Waals surface area contributed by atoms with Crippen molar-refractivity contribution in [3.8, 4) is 22.8 Å². The summed E-state index contributed by atoms with van der Waals surface area (Å²) in [5.41, 5.74) is 4.38. The molecule has 0 bridgehead atoms. The molecule has 0 saturated heterocycles. The third-order valence-electron chi connectivity index (χ3n) is 4.56. The van der Waals surface area contributed by atoms with Crippen LogP contribution in [0.2, 0.25) is 0 Å². The molecule has 0 aliphatic carbocycles. The minimum absolute atomic E-state index is 0.0782. The van der Waals surface area contributed by atoms with Gasteiger partial charge in [-0.2, -0.15) is 0 Å². The second-order valence-corrected chi connectivity index (χ2v) is 6.30. The van der Waals surface area contributed by atoms with E-state index in [0.717, 1.165) is 41.1 Å². The monoisotopic (exact) mass is 351 g/mol. The van der Waals surface area contributed by atoms with Crippen LogP contribution in [0.3, 0.4) is 0 Å². The van der Waals surface area contributed by atoms with E-state index in [-0.39, 0.29) is 5.91 Å². The Morgan fingerprint density at radius 2 is 2.19 bits per heavy atom. The van der Waals surface area contributed by atoms with Crippen molar-refractivity contribution in [2.75, 3.05) is 20.3 Å². The maximum Gasteiger partial charge on any atom is 0.255 e. The molecule has 3 aromatic rings. The van der Waals surface area contributed by atoms with Crippen molar-refractivity contribution in [1.29, 1.82) is 0 Å². The minimum Gasteiger partial charge on any atom is -0.496 e. The van der Waals surface area contributed by atoms with Gasteiger partial charge in [0.15, 0.2) is 0 Å². The maximum absolute atomic E-state index is 12.2. The molecule has 0 radical (unpaired) electrons. The average molecular weight is 351 g/mol. The molecule has 0 atom stereocenters. The summed E-state index contributed by atoms with van der Waals surface area (Å²) in [6, 6.07) is 7.83. The van der Waals surface area contributed by atoms with Crippen molar-refractivity contribution in [3.05, 3.63) is 47.8 Å². The molecule has 0 unspecified atom stereocenters. The normalized spacial score (nSPS) is 13.4. The quantitative estimate of drug-likeness (QED) is 0.767. The van der Waals surface area contributed by atoms with Crippen LogP contribution in [0.5, 0.6) is 11.5 Å².